The molecular formula is C16H24BrNOS. The SMILES string of the molecule is Cc1cc([C@@H]2CCCN([S@@](=O)C(C)(C)C)C2)ccc1Br. The first-order chi connectivity index (χ1) is 9.29. The molecule has 0 radical (unpaired) electrons. The van der Waals surface area contributed by atoms with E-state index in [2.05, 4.69) is 66.1 Å². The third kappa shape index (κ3) is 3.71. The van der Waals surface area contributed by atoms with Crippen LogP contribution in [0.1, 0.15) is 50.7 Å². The molecule has 0 N–H and O–H groups in total. The normalized spacial score (nSPS) is 22.8. The van der Waals surface area contributed by atoms with Crippen LogP contribution in [0.5, 0.6) is 0 Å². The van der Waals surface area contributed by atoms with E-state index < -0.39 is 11.0 Å². The van der Waals surface area contributed by atoms with E-state index in [0.717, 1.165) is 24.0 Å². The molecule has 0 spiro atoms. The summed E-state index contributed by atoms with van der Waals surface area (Å²) in [6.07, 6.45) is 2.32. The van der Waals surface area contributed by atoms with Crippen molar-refractivity contribution in [2.24, 2.45) is 0 Å². The minimum absolute atomic E-state index is 0.169. The van der Waals surface area contributed by atoms with Crippen molar-refractivity contribution >= 4 is 26.9 Å². The Bertz CT molecular complexity index is 510. The molecule has 0 unspecified atom stereocenters. The van der Waals surface area contributed by atoms with Gasteiger partial charge < -0.3 is 0 Å². The summed E-state index contributed by atoms with van der Waals surface area (Å²) in [6, 6.07) is 6.59. The Morgan fingerprint density at radius 1 is 1.35 bits per heavy atom. The van der Waals surface area contributed by atoms with Crippen molar-refractivity contribution in [3.8, 4) is 0 Å². The summed E-state index contributed by atoms with van der Waals surface area (Å²) in [5.74, 6) is 0.502. The molecule has 0 amide bonds. The Morgan fingerprint density at radius 3 is 2.65 bits per heavy atom. The van der Waals surface area contributed by atoms with Gasteiger partial charge in [-0.3, -0.25) is 0 Å². The molecule has 4 heteroatoms. The highest BCUT2D eigenvalue weighted by atomic mass is 79.9. The minimum atomic E-state index is -0.904. The zero-order valence-corrected chi connectivity index (χ0v) is 15.2. The van der Waals surface area contributed by atoms with Gasteiger partial charge in [0.2, 0.25) is 0 Å². The van der Waals surface area contributed by atoms with Crippen LogP contribution >= 0.6 is 15.9 Å². The van der Waals surface area contributed by atoms with Gasteiger partial charge in [0.15, 0.2) is 0 Å². The van der Waals surface area contributed by atoms with E-state index in [9.17, 15) is 4.21 Å². The van der Waals surface area contributed by atoms with Crippen LogP contribution in [0.2, 0.25) is 0 Å². The molecule has 1 aromatic carbocycles. The second-order valence-electron chi connectivity index (χ2n) is 6.60. The van der Waals surface area contributed by atoms with Gasteiger partial charge in [0.1, 0.15) is 0 Å². The van der Waals surface area contributed by atoms with Gasteiger partial charge >= 0.3 is 0 Å². The van der Waals surface area contributed by atoms with Crippen molar-refractivity contribution in [2.45, 2.75) is 51.2 Å². The highest BCUT2D eigenvalue weighted by molar-refractivity contribution is 9.10. The van der Waals surface area contributed by atoms with Gasteiger partial charge in [0.05, 0.1) is 15.7 Å². The summed E-state index contributed by atoms with van der Waals surface area (Å²) in [5, 5.41) is 0. The summed E-state index contributed by atoms with van der Waals surface area (Å²) in [6.45, 7) is 10.1. The zero-order chi connectivity index (χ0) is 14.9. The van der Waals surface area contributed by atoms with Crippen LogP contribution in [-0.4, -0.2) is 26.4 Å². The maximum Gasteiger partial charge on any atom is 0.0997 e. The van der Waals surface area contributed by atoms with Crippen LogP contribution in [0.15, 0.2) is 22.7 Å². The average Bonchev–Trinajstić information content (AvgIpc) is 2.40. The van der Waals surface area contributed by atoms with E-state index in [1.54, 1.807) is 0 Å². The molecule has 20 heavy (non-hydrogen) atoms. The molecule has 1 fully saturated rings. The zero-order valence-electron chi connectivity index (χ0n) is 12.8. The molecule has 2 rings (SSSR count). The maximum atomic E-state index is 12.5. The molecule has 2 nitrogen and oxygen atoms in total. The van der Waals surface area contributed by atoms with Gasteiger partial charge in [-0.25, -0.2) is 8.51 Å². The number of nitrogens with zero attached hydrogens (tertiary/aromatic N) is 1. The molecule has 112 valence electrons. The van der Waals surface area contributed by atoms with Crippen molar-refractivity contribution in [3.05, 3.63) is 33.8 Å². The third-order valence-corrected chi connectivity index (χ3v) is 6.53. The fourth-order valence-electron chi connectivity index (χ4n) is 2.67. The van der Waals surface area contributed by atoms with Gasteiger partial charge in [-0.05, 0) is 63.6 Å². The van der Waals surface area contributed by atoms with Gasteiger partial charge in [-0.15, -0.1) is 0 Å². The number of hydrogen-bond acceptors (Lipinski definition) is 1. The quantitative estimate of drug-likeness (QED) is 0.767. The molecule has 1 aromatic rings. The Labute approximate surface area is 133 Å². The Balaban J connectivity index is 2.14. The van der Waals surface area contributed by atoms with Crippen molar-refractivity contribution in [1.29, 1.82) is 0 Å². The average molecular weight is 358 g/mol. The molecule has 1 aliphatic rings. The van der Waals surface area contributed by atoms with E-state index in [1.165, 1.54) is 17.5 Å². The van der Waals surface area contributed by atoms with Crippen molar-refractivity contribution < 1.29 is 4.21 Å². The van der Waals surface area contributed by atoms with Gasteiger partial charge in [0.25, 0.3) is 0 Å². The molecule has 1 saturated heterocycles. The first-order valence-electron chi connectivity index (χ1n) is 7.22. The largest absolute Gasteiger partial charge is 0.242 e. The molecule has 1 heterocycles. The third-order valence-electron chi connectivity index (χ3n) is 3.80. The van der Waals surface area contributed by atoms with Crippen LogP contribution in [-0.2, 0) is 11.0 Å². The Morgan fingerprint density at radius 2 is 2.05 bits per heavy atom. The lowest BCUT2D eigenvalue weighted by Gasteiger charge is -2.35. The van der Waals surface area contributed by atoms with Gasteiger partial charge in [0, 0.05) is 17.6 Å². The van der Waals surface area contributed by atoms with Crippen molar-refractivity contribution in [3.63, 3.8) is 0 Å². The van der Waals surface area contributed by atoms with Crippen LogP contribution in [0.3, 0.4) is 0 Å². The second kappa shape index (κ2) is 6.29. The molecule has 0 bridgehead atoms. The maximum absolute atomic E-state index is 12.5. The number of hydrogen-bond donors (Lipinski definition) is 0. The standard InChI is InChI=1S/C16H24BrNOS/c1-12-10-13(7-8-15(12)17)14-6-5-9-18(11-14)20(19)16(2,3)4/h7-8,10,14H,5-6,9,11H2,1-4H3/t14-,20+/m1/s1. The van der Waals surface area contributed by atoms with E-state index in [0.29, 0.717) is 5.92 Å². The molecule has 1 aliphatic heterocycles. The lowest BCUT2D eigenvalue weighted by molar-refractivity contribution is 0.325. The lowest BCUT2D eigenvalue weighted by atomic mass is 9.91. The molecular weight excluding hydrogens is 334 g/mol. The molecule has 2 atom stereocenters. The predicted molar refractivity (Wildman–Crippen MR) is 90.3 cm³/mol. The van der Waals surface area contributed by atoms with Crippen molar-refractivity contribution in [1.82, 2.24) is 4.31 Å². The Kier molecular flexibility index (Phi) is 5.09. The highest BCUT2D eigenvalue weighted by Gasteiger charge is 2.31. The van der Waals surface area contributed by atoms with Crippen LogP contribution in [0.25, 0.3) is 0 Å². The molecule has 0 aliphatic carbocycles. The highest BCUT2D eigenvalue weighted by Crippen LogP contribution is 2.31. The summed E-state index contributed by atoms with van der Waals surface area (Å²) in [5.41, 5.74) is 2.65. The monoisotopic (exact) mass is 357 g/mol. The van der Waals surface area contributed by atoms with Crippen LogP contribution in [0, 0.1) is 6.92 Å². The predicted octanol–water partition coefficient (Wildman–Crippen LogP) is 4.40. The number of rotatable bonds is 2. The smallest absolute Gasteiger partial charge is 0.0997 e. The summed E-state index contributed by atoms with van der Waals surface area (Å²) >= 11 is 3.56. The first-order valence-corrected chi connectivity index (χ1v) is 9.12. The fourth-order valence-corrected chi connectivity index (χ4v) is 4.31. The Hall–Kier alpha value is -0.190. The molecule has 0 saturated carbocycles. The number of halogens is 1. The van der Waals surface area contributed by atoms with E-state index in [4.69, 9.17) is 0 Å². The van der Waals surface area contributed by atoms with Crippen LogP contribution in [0.4, 0.5) is 0 Å². The lowest BCUT2D eigenvalue weighted by Crippen LogP contribution is -2.42. The van der Waals surface area contributed by atoms with Gasteiger partial charge in [-0.2, -0.15) is 0 Å². The summed E-state index contributed by atoms with van der Waals surface area (Å²) in [7, 11) is -0.904. The summed E-state index contributed by atoms with van der Waals surface area (Å²) < 4.78 is 15.7. The van der Waals surface area contributed by atoms with E-state index in [-0.39, 0.29) is 4.75 Å². The fraction of sp³-hybridized carbons (Fsp3) is 0.625. The van der Waals surface area contributed by atoms with Crippen molar-refractivity contribution in [2.75, 3.05) is 13.1 Å². The number of piperidine rings is 1. The topological polar surface area (TPSA) is 20.3 Å². The van der Waals surface area contributed by atoms with E-state index in [1.807, 2.05) is 0 Å². The first kappa shape index (κ1) is 16.2. The van der Waals surface area contributed by atoms with Gasteiger partial charge in [-0.1, -0.05) is 28.1 Å². The minimum Gasteiger partial charge on any atom is -0.242 e. The number of benzene rings is 1. The van der Waals surface area contributed by atoms with Crippen LogP contribution < -0.4 is 0 Å². The summed E-state index contributed by atoms with van der Waals surface area (Å²) in [4.78, 5) is 0. The molecule has 0 aromatic heterocycles. The van der Waals surface area contributed by atoms with E-state index >= 15 is 0 Å². The number of aryl methyl sites for hydroxylation is 1. The second-order valence-corrected chi connectivity index (χ2v) is 9.69.